The molecule has 72 valence electrons. The third-order valence-electron chi connectivity index (χ3n) is 1.81. The van der Waals surface area contributed by atoms with Gasteiger partial charge in [-0.3, -0.25) is 4.90 Å². The second-order valence-electron chi connectivity index (χ2n) is 2.73. The Morgan fingerprint density at radius 2 is 2.00 bits per heavy atom. The molecule has 0 bridgehead atoms. The van der Waals surface area contributed by atoms with E-state index < -0.39 is 5.25 Å². The zero-order chi connectivity index (χ0) is 9.03. The van der Waals surface area contributed by atoms with E-state index >= 15 is 0 Å². The van der Waals surface area contributed by atoms with E-state index in [0.29, 0.717) is 38.1 Å². The Kier molecular flexibility index (Phi) is 3.74. The first-order valence-corrected chi connectivity index (χ1v) is 5.09. The zero-order valence-electron chi connectivity index (χ0n) is 7.06. The summed E-state index contributed by atoms with van der Waals surface area (Å²) < 4.78 is 30.7. The van der Waals surface area contributed by atoms with Crippen LogP contribution in [0.3, 0.4) is 0 Å². The van der Waals surface area contributed by atoms with Crippen molar-refractivity contribution in [1.29, 1.82) is 0 Å². The molecule has 0 amide bonds. The van der Waals surface area contributed by atoms with Crippen LogP contribution in [0.5, 0.6) is 0 Å². The van der Waals surface area contributed by atoms with Gasteiger partial charge in [-0.05, 0) is 6.26 Å². The number of rotatable bonds is 3. The van der Waals surface area contributed by atoms with Crippen LogP contribution in [0.25, 0.3) is 0 Å². The fourth-order valence-corrected chi connectivity index (χ4v) is 1.40. The predicted octanol–water partition coefficient (Wildman–Crippen LogP) is 1.27. The molecule has 0 aromatic rings. The van der Waals surface area contributed by atoms with Gasteiger partial charge < -0.3 is 4.74 Å². The van der Waals surface area contributed by atoms with E-state index in [2.05, 4.69) is 0 Å². The number of nitrogens with zero attached hydrogens (tertiary/aromatic N) is 1. The largest absolute Gasteiger partial charge is 0.379 e. The summed E-state index contributed by atoms with van der Waals surface area (Å²) in [5.41, 5.74) is 0. The van der Waals surface area contributed by atoms with Crippen LogP contribution in [0.15, 0.2) is 0 Å². The molecule has 1 rings (SSSR count). The van der Waals surface area contributed by atoms with E-state index in [0.717, 1.165) is 0 Å². The molecule has 0 N–H and O–H groups in total. The van der Waals surface area contributed by atoms with E-state index in [1.54, 1.807) is 4.90 Å². The molecule has 1 fully saturated rings. The molecule has 1 heterocycles. The van der Waals surface area contributed by atoms with Crippen molar-refractivity contribution in [3.63, 3.8) is 0 Å². The van der Waals surface area contributed by atoms with Crippen LogP contribution in [0.4, 0.5) is 8.78 Å². The van der Waals surface area contributed by atoms with Crippen LogP contribution in [-0.4, -0.2) is 49.3 Å². The van der Waals surface area contributed by atoms with Crippen LogP contribution < -0.4 is 0 Å². The molecule has 1 aliphatic heterocycles. The quantitative estimate of drug-likeness (QED) is 0.676. The zero-order valence-corrected chi connectivity index (χ0v) is 7.87. The molecule has 1 saturated heterocycles. The van der Waals surface area contributed by atoms with Gasteiger partial charge >= 0.3 is 5.25 Å². The van der Waals surface area contributed by atoms with E-state index in [-0.39, 0.29) is 6.54 Å². The van der Waals surface area contributed by atoms with E-state index in [1.807, 2.05) is 0 Å². The van der Waals surface area contributed by atoms with Gasteiger partial charge in [0.1, 0.15) is 0 Å². The monoisotopic (exact) mass is 197 g/mol. The van der Waals surface area contributed by atoms with Crippen LogP contribution in [0, 0.1) is 0 Å². The number of ether oxygens (including phenoxy) is 1. The average Bonchev–Trinajstić information content (AvgIpc) is 2.06. The van der Waals surface area contributed by atoms with Gasteiger partial charge in [-0.15, -0.1) is 0 Å². The second kappa shape index (κ2) is 4.39. The van der Waals surface area contributed by atoms with E-state index in [9.17, 15) is 8.78 Å². The average molecular weight is 197 g/mol. The normalized spacial score (nSPS) is 21.2. The second-order valence-corrected chi connectivity index (χ2v) is 3.74. The third kappa shape index (κ3) is 3.25. The Labute approximate surface area is 75.3 Å². The highest BCUT2D eigenvalue weighted by Crippen LogP contribution is 2.27. The van der Waals surface area contributed by atoms with Gasteiger partial charge in [-0.1, -0.05) is 11.8 Å². The Bertz CT molecular complexity index is 139. The van der Waals surface area contributed by atoms with Crippen LogP contribution in [-0.2, 0) is 4.74 Å². The minimum atomic E-state index is -2.61. The van der Waals surface area contributed by atoms with Gasteiger partial charge in [0.25, 0.3) is 0 Å². The lowest BCUT2D eigenvalue weighted by atomic mass is 10.4. The fourth-order valence-electron chi connectivity index (χ4n) is 1.08. The van der Waals surface area contributed by atoms with Crippen LogP contribution in [0.2, 0.25) is 0 Å². The van der Waals surface area contributed by atoms with Gasteiger partial charge in [-0.2, -0.15) is 8.78 Å². The Morgan fingerprint density at radius 3 is 2.50 bits per heavy atom. The van der Waals surface area contributed by atoms with Crippen molar-refractivity contribution in [2.45, 2.75) is 5.25 Å². The van der Waals surface area contributed by atoms with Gasteiger partial charge in [0.2, 0.25) is 0 Å². The maximum absolute atomic E-state index is 12.8. The molecule has 0 radical (unpaired) electrons. The van der Waals surface area contributed by atoms with Crippen LogP contribution in [0.1, 0.15) is 0 Å². The van der Waals surface area contributed by atoms with Crippen molar-refractivity contribution < 1.29 is 13.5 Å². The van der Waals surface area contributed by atoms with Gasteiger partial charge in [0, 0.05) is 13.1 Å². The summed E-state index contributed by atoms with van der Waals surface area (Å²) in [6.07, 6.45) is 1.43. The molecular weight excluding hydrogens is 184 g/mol. The summed E-state index contributed by atoms with van der Waals surface area (Å²) in [6.45, 7) is 2.23. The van der Waals surface area contributed by atoms with Crippen molar-refractivity contribution in [1.82, 2.24) is 4.90 Å². The first-order valence-electron chi connectivity index (χ1n) is 3.87. The highest BCUT2D eigenvalue weighted by atomic mass is 32.2. The number of morpholine rings is 1. The summed E-state index contributed by atoms with van der Waals surface area (Å²) in [7, 11) is 0. The summed E-state index contributed by atoms with van der Waals surface area (Å²) in [5.74, 6) is 0. The van der Waals surface area contributed by atoms with Gasteiger partial charge in [-0.25, -0.2) is 0 Å². The molecule has 0 atom stereocenters. The maximum atomic E-state index is 12.8. The van der Waals surface area contributed by atoms with Crippen molar-refractivity contribution in [2.24, 2.45) is 0 Å². The maximum Gasteiger partial charge on any atom is 0.306 e. The SMILES string of the molecule is CSC(F)(F)CN1CCOCC1. The molecule has 5 heteroatoms. The minimum Gasteiger partial charge on any atom is -0.379 e. The van der Waals surface area contributed by atoms with Gasteiger partial charge in [0.05, 0.1) is 19.8 Å². The molecule has 0 aromatic carbocycles. The Morgan fingerprint density at radius 1 is 1.42 bits per heavy atom. The highest BCUT2D eigenvalue weighted by molar-refractivity contribution is 7.99. The molecule has 1 aliphatic rings. The number of halogens is 2. The van der Waals surface area contributed by atoms with E-state index in [1.165, 1.54) is 6.26 Å². The molecule has 0 aliphatic carbocycles. The lowest BCUT2D eigenvalue weighted by molar-refractivity contribution is -0.00578. The highest BCUT2D eigenvalue weighted by Gasteiger charge is 2.30. The number of hydrogen-bond acceptors (Lipinski definition) is 3. The van der Waals surface area contributed by atoms with Crippen molar-refractivity contribution >= 4 is 11.8 Å². The molecule has 0 spiro atoms. The number of alkyl halides is 2. The molecular formula is C7H13F2NOS. The molecule has 12 heavy (non-hydrogen) atoms. The van der Waals surface area contributed by atoms with E-state index in [4.69, 9.17) is 4.74 Å². The summed E-state index contributed by atoms with van der Waals surface area (Å²) in [6, 6.07) is 0. The lowest BCUT2D eigenvalue weighted by Gasteiger charge is -2.29. The standard InChI is InChI=1S/C7H13F2NOS/c1-12-7(8,9)6-10-2-4-11-5-3-10/h2-6H2,1H3. The Hall–Kier alpha value is 0.130. The first-order chi connectivity index (χ1) is 5.64. The molecule has 0 unspecified atom stereocenters. The Balaban J connectivity index is 2.28. The van der Waals surface area contributed by atoms with Crippen LogP contribution >= 0.6 is 11.8 Å². The molecule has 2 nitrogen and oxygen atoms in total. The summed E-state index contributed by atoms with van der Waals surface area (Å²) in [5, 5.41) is -2.61. The predicted molar refractivity (Wildman–Crippen MR) is 45.7 cm³/mol. The smallest absolute Gasteiger partial charge is 0.306 e. The third-order valence-corrected chi connectivity index (χ3v) is 2.54. The molecule has 0 saturated carbocycles. The molecule has 0 aromatic heterocycles. The number of thioether (sulfide) groups is 1. The fraction of sp³-hybridized carbons (Fsp3) is 1.00. The summed E-state index contributed by atoms with van der Waals surface area (Å²) >= 11 is 0.605. The van der Waals surface area contributed by atoms with Crippen molar-refractivity contribution in [3.8, 4) is 0 Å². The van der Waals surface area contributed by atoms with Gasteiger partial charge in [0.15, 0.2) is 0 Å². The number of hydrogen-bond donors (Lipinski definition) is 0. The lowest BCUT2D eigenvalue weighted by Crippen LogP contribution is -2.42. The van der Waals surface area contributed by atoms with Crippen molar-refractivity contribution in [2.75, 3.05) is 39.1 Å². The minimum absolute atomic E-state index is 0.155. The summed E-state index contributed by atoms with van der Waals surface area (Å²) in [4.78, 5) is 1.74. The topological polar surface area (TPSA) is 12.5 Å². The van der Waals surface area contributed by atoms with Crippen molar-refractivity contribution in [3.05, 3.63) is 0 Å². The first kappa shape index (κ1) is 10.2.